The molecule has 23 heavy (non-hydrogen) atoms. The number of carbonyl (C=O) groups is 1. The van der Waals surface area contributed by atoms with Crippen LogP contribution in [0.5, 0.6) is 0 Å². The first kappa shape index (κ1) is 16.8. The van der Waals surface area contributed by atoms with Gasteiger partial charge in [0.15, 0.2) is 0 Å². The van der Waals surface area contributed by atoms with Crippen molar-refractivity contribution in [3.8, 4) is 0 Å². The number of hydrogen-bond donors (Lipinski definition) is 1. The van der Waals surface area contributed by atoms with E-state index in [2.05, 4.69) is 11.4 Å². The molecule has 2 aliphatic rings. The highest BCUT2D eigenvalue weighted by molar-refractivity contribution is 7.98. The van der Waals surface area contributed by atoms with E-state index in [9.17, 15) is 4.79 Å². The summed E-state index contributed by atoms with van der Waals surface area (Å²) in [5.41, 5.74) is 1.71. The van der Waals surface area contributed by atoms with Crippen molar-refractivity contribution >= 4 is 17.7 Å². The van der Waals surface area contributed by atoms with E-state index < -0.39 is 0 Å². The summed E-state index contributed by atoms with van der Waals surface area (Å²) in [6.07, 6.45) is 5.67. The van der Waals surface area contributed by atoms with Crippen molar-refractivity contribution in [2.75, 3.05) is 26.1 Å². The standard InChI is InChI=1S/C18H25NO3S/c1-13-3-4-15(23-2)11-16(13)17(20)19-14-5-8-22-18(12-14)6-9-21-10-7-18/h3-4,11,14H,5-10,12H2,1-2H3,(H,19,20). The fourth-order valence-electron chi connectivity index (χ4n) is 3.48. The van der Waals surface area contributed by atoms with Crippen molar-refractivity contribution < 1.29 is 14.3 Å². The molecule has 0 aromatic heterocycles. The number of hydrogen-bond acceptors (Lipinski definition) is 4. The lowest BCUT2D eigenvalue weighted by atomic mass is 9.84. The van der Waals surface area contributed by atoms with Crippen LogP contribution in [0.2, 0.25) is 0 Å². The molecule has 2 heterocycles. The monoisotopic (exact) mass is 335 g/mol. The summed E-state index contributed by atoms with van der Waals surface area (Å²) in [6.45, 7) is 4.23. The van der Waals surface area contributed by atoms with Crippen LogP contribution in [-0.2, 0) is 9.47 Å². The Hall–Kier alpha value is -1.04. The van der Waals surface area contributed by atoms with Gasteiger partial charge >= 0.3 is 0 Å². The molecular weight excluding hydrogens is 310 g/mol. The second-order valence-electron chi connectivity index (χ2n) is 6.49. The minimum Gasteiger partial charge on any atom is -0.381 e. The van der Waals surface area contributed by atoms with Gasteiger partial charge in [-0.25, -0.2) is 0 Å². The van der Waals surface area contributed by atoms with Gasteiger partial charge in [0, 0.05) is 36.3 Å². The van der Waals surface area contributed by atoms with E-state index in [1.165, 1.54) is 0 Å². The maximum absolute atomic E-state index is 12.7. The summed E-state index contributed by atoms with van der Waals surface area (Å²) >= 11 is 1.66. The maximum atomic E-state index is 12.7. The molecule has 1 amide bonds. The van der Waals surface area contributed by atoms with Crippen molar-refractivity contribution in [3.63, 3.8) is 0 Å². The molecule has 1 atom stereocenters. The quantitative estimate of drug-likeness (QED) is 0.862. The Balaban J connectivity index is 1.67. The van der Waals surface area contributed by atoms with E-state index in [4.69, 9.17) is 9.47 Å². The second-order valence-corrected chi connectivity index (χ2v) is 7.37. The molecule has 4 nitrogen and oxygen atoms in total. The highest BCUT2D eigenvalue weighted by atomic mass is 32.2. The van der Waals surface area contributed by atoms with Crippen LogP contribution in [0, 0.1) is 6.92 Å². The zero-order chi connectivity index (χ0) is 16.3. The normalized spacial score (nSPS) is 23.7. The van der Waals surface area contributed by atoms with Gasteiger partial charge in [0.1, 0.15) is 0 Å². The minimum atomic E-state index is -0.0926. The highest BCUT2D eigenvalue weighted by Crippen LogP contribution is 2.34. The summed E-state index contributed by atoms with van der Waals surface area (Å²) in [7, 11) is 0. The predicted molar refractivity (Wildman–Crippen MR) is 92.2 cm³/mol. The number of benzene rings is 1. The number of amides is 1. The van der Waals surface area contributed by atoms with Gasteiger partial charge in [0.05, 0.1) is 5.60 Å². The van der Waals surface area contributed by atoms with Gasteiger partial charge in [-0.1, -0.05) is 6.07 Å². The molecule has 3 rings (SSSR count). The molecule has 5 heteroatoms. The molecule has 1 spiro atoms. The lowest BCUT2D eigenvalue weighted by Gasteiger charge is -2.43. The summed E-state index contributed by atoms with van der Waals surface area (Å²) in [5, 5.41) is 3.23. The average Bonchev–Trinajstić information content (AvgIpc) is 2.56. The molecule has 1 unspecified atom stereocenters. The van der Waals surface area contributed by atoms with Gasteiger partial charge < -0.3 is 14.8 Å². The van der Waals surface area contributed by atoms with Crippen LogP contribution in [0.3, 0.4) is 0 Å². The lowest BCUT2D eigenvalue weighted by Crippen LogP contribution is -2.51. The molecule has 2 saturated heterocycles. The molecule has 2 fully saturated rings. The third kappa shape index (κ3) is 3.90. The molecule has 126 valence electrons. The van der Waals surface area contributed by atoms with Crippen LogP contribution in [-0.4, -0.2) is 43.6 Å². The SMILES string of the molecule is CSc1ccc(C)c(C(=O)NC2CCOC3(CCOCC3)C2)c1. The molecule has 1 aromatic carbocycles. The number of thioether (sulfide) groups is 1. The van der Waals surface area contributed by atoms with Crippen molar-refractivity contribution in [1.29, 1.82) is 0 Å². The van der Waals surface area contributed by atoms with E-state index in [0.717, 1.165) is 61.5 Å². The first-order valence-electron chi connectivity index (χ1n) is 8.29. The van der Waals surface area contributed by atoms with Gasteiger partial charge in [-0.2, -0.15) is 0 Å². The lowest BCUT2D eigenvalue weighted by molar-refractivity contribution is -0.139. The Labute approximate surface area is 142 Å². The summed E-state index contributed by atoms with van der Waals surface area (Å²) in [6, 6.07) is 6.25. The van der Waals surface area contributed by atoms with Crippen LogP contribution in [0.4, 0.5) is 0 Å². The van der Waals surface area contributed by atoms with Gasteiger partial charge in [-0.05, 0) is 56.6 Å². The third-order valence-electron chi connectivity index (χ3n) is 4.92. The first-order chi connectivity index (χ1) is 11.1. The fourth-order valence-corrected chi connectivity index (χ4v) is 3.92. The maximum Gasteiger partial charge on any atom is 0.251 e. The first-order valence-corrected chi connectivity index (χ1v) is 9.52. The van der Waals surface area contributed by atoms with E-state index in [-0.39, 0.29) is 17.6 Å². The second kappa shape index (κ2) is 7.24. The number of aryl methyl sites for hydroxylation is 1. The van der Waals surface area contributed by atoms with Crippen LogP contribution in [0.1, 0.15) is 41.6 Å². The number of nitrogens with one attached hydrogen (secondary N) is 1. The molecule has 2 aliphatic heterocycles. The van der Waals surface area contributed by atoms with Gasteiger partial charge in [0.2, 0.25) is 0 Å². The Morgan fingerprint density at radius 1 is 1.30 bits per heavy atom. The van der Waals surface area contributed by atoms with Gasteiger partial charge in [-0.3, -0.25) is 4.79 Å². The molecule has 0 bridgehead atoms. The van der Waals surface area contributed by atoms with E-state index >= 15 is 0 Å². The van der Waals surface area contributed by atoms with Crippen molar-refractivity contribution in [3.05, 3.63) is 29.3 Å². The van der Waals surface area contributed by atoms with Crippen LogP contribution in [0.25, 0.3) is 0 Å². The Bertz CT molecular complexity index is 564. The molecule has 0 saturated carbocycles. The van der Waals surface area contributed by atoms with Crippen molar-refractivity contribution in [2.45, 2.75) is 49.1 Å². The van der Waals surface area contributed by atoms with Crippen molar-refractivity contribution in [1.82, 2.24) is 5.32 Å². The number of ether oxygens (including phenoxy) is 2. The smallest absolute Gasteiger partial charge is 0.251 e. The van der Waals surface area contributed by atoms with Crippen LogP contribution >= 0.6 is 11.8 Å². The molecule has 1 aromatic rings. The largest absolute Gasteiger partial charge is 0.381 e. The number of rotatable bonds is 3. The summed E-state index contributed by atoms with van der Waals surface area (Å²) in [4.78, 5) is 13.8. The third-order valence-corrected chi connectivity index (χ3v) is 5.65. The zero-order valence-corrected chi connectivity index (χ0v) is 14.7. The summed E-state index contributed by atoms with van der Waals surface area (Å²) in [5.74, 6) is 0.0347. The predicted octanol–water partition coefficient (Wildman–Crippen LogP) is 3.17. The molecule has 0 radical (unpaired) electrons. The van der Waals surface area contributed by atoms with E-state index in [1.54, 1.807) is 11.8 Å². The fraction of sp³-hybridized carbons (Fsp3) is 0.611. The van der Waals surface area contributed by atoms with E-state index in [0.29, 0.717) is 0 Å². The average molecular weight is 335 g/mol. The van der Waals surface area contributed by atoms with Crippen LogP contribution < -0.4 is 5.32 Å². The summed E-state index contributed by atoms with van der Waals surface area (Å²) < 4.78 is 11.5. The topological polar surface area (TPSA) is 47.6 Å². The Morgan fingerprint density at radius 3 is 2.83 bits per heavy atom. The van der Waals surface area contributed by atoms with Crippen LogP contribution in [0.15, 0.2) is 23.1 Å². The van der Waals surface area contributed by atoms with Gasteiger partial charge in [0.25, 0.3) is 5.91 Å². The number of carbonyl (C=O) groups excluding carboxylic acids is 1. The Kier molecular flexibility index (Phi) is 5.29. The minimum absolute atomic E-state index is 0.0347. The van der Waals surface area contributed by atoms with E-state index in [1.807, 2.05) is 25.3 Å². The Morgan fingerprint density at radius 2 is 2.09 bits per heavy atom. The highest BCUT2D eigenvalue weighted by Gasteiger charge is 2.39. The van der Waals surface area contributed by atoms with Gasteiger partial charge in [-0.15, -0.1) is 11.8 Å². The molecule has 0 aliphatic carbocycles. The molecule has 1 N–H and O–H groups in total. The zero-order valence-electron chi connectivity index (χ0n) is 13.9. The van der Waals surface area contributed by atoms with Crippen molar-refractivity contribution in [2.24, 2.45) is 0 Å². The molecular formula is C18H25NO3S.